The van der Waals surface area contributed by atoms with Gasteiger partial charge in [-0.2, -0.15) is 3.97 Å². The highest BCUT2D eigenvalue weighted by molar-refractivity contribution is 7.90. The lowest BCUT2D eigenvalue weighted by Gasteiger charge is -2.33. The Morgan fingerprint density at radius 1 is 1.20 bits per heavy atom. The lowest BCUT2D eigenvalue weighted by molar-refractivity contribution is 0.116. The van der Waals surface area contributed by atoms with Crippen LogP contribution in [-0.2, 0) is 10.0 Å². The van der Waals surface area contributed by atoms with Crippen LogP contribution in [0.3, 0.4) is 0 Å². The summed E-state index contributed by atoms with van der Waals surface area (Å²) < 4.78 is 31.2. The van der Waals surface area contributed by atoms with E-state index >= 15 is 0 Å². The minimum atomic E-state index is -4.11. The van der Waals surface area contributed by atoms with Gasteiger partial charge in [0.05, 0.1) is 16.9 Å². The summed E-state index contributed by atoms with van der Waals surface area (Å²) in [4.78, 5) is 10.8. The van der Waals surface area contributed by atoms with Gasteiger partial charge in [0.25, 0.3) is 10.0 Å². The number of nitrogens with zero attached hydrogens (tertiary/aromatic N) is 1. The molecule has 1 N–H and O–H groups in total. The van der Waals surface area contributed by atoms with Gasteiger partial charge in [-0.3, -0.25) is 4.79 Å². The molecular formula is C17H21NO5S2. The fraction of sp³-hybridized carbons (Fsp3) is 0.471. The average molecular weight is 383 g/mol. The van der Waals surface area contributed by atoms with Crippen LogP contribution in [0.15, 0.2) is 39.3 Å². The second-order valence-electron chi connectivity index (χ2n) is 6.76. The molecule has 0 aliphatic heterocycles. The van der Waals surface area contributed by atoms with E-state index in [1.165, 1.54) is 31.4 Å². The van der Waals surface area contributed by atoms with Crippen LogP contribution in [0.1, 0.15) is 39.0 Å². The van der Waals surface area contributed by atoms with Crippen LogP contribution in [-0.4, -0.2) is 24.1 Å². The van der Waals surface area contributed by atoms with E-state index in [2.05, 4.69) is 6.92 Å². The van der Waals surface area contributed by atoms with Crippen molar-refractivity contribution in [2.24, 2.45) is 5.41 Å². The molecular weight excluding hydrogens is 362 g/mol. The number of ether oxygens (including phenoxy) is 1. The van der Waals surface area contributed by atoms with Crippen molar-refractivity contribution in [1.29, 1.82) is 0 Å². The van der Waals surface area contributed by atoms with E-state index in [0.29, 0.717) is 27.7 Å². The Labute approximate surface area is 150 Å². The molecule has 1 aromatic carbocycles. The van der Waals surface area contributed by atoms with Crippen LogP contribution in [0.25, 0.3) is 0 Å². The SMILES string of the molecule is CC1(COc2ccc(S(=O)(=O)n3c(O)csc3=O)cc2)CCCCC1. The topological polar surface area (TPSA) is 85.6 Å². The third kappa shape index (κ3) is 3.74. The van der Waals surface area contributed by atoms with Gasteiger partial charge in [-0.25, -0.2) is 8.42 Å². The van der Waals surface area contributed by atoms with Gasteiger partial charge >= 0.3 is 4.87 Å². The predicted octanol–water partition coefficient (Wildman–Crippen LogP) is 3.20. The molecule has 6 nitrogen and oxygen atoms in total. The zero-order valence-corrected chi connectivity index (χ0v) is 15.6. The summed E-state index contributed by atoms with van der Waals surface area (Å²) in [5.41, 5.74) is 0.165. The molecule has 3 rings (SSSR count). The first-order chi connectivity index (χ1) is 11.8. The highest BCUT2D eigenvalue weighted by Gasteiger charge is 2.28. The molecule has 1 aliphatic carbocycles. The van der Waals surface area contributed by atoms with E-state index in [-0.39, 0.29) is 10.3 Å². The fourth-order valence-corrected chi connectivity index (χ4v) is 5.31. The molecule has 25 heavy (non-hydrogen) atoms. The van der Waals surface area contributed by atoms with Crippen LogP contribution < -0.4 is 9.61 Å². The summed E-state index contributed by atoms with van der Waals surface area (Å²) in [5, 5.41) is 10.7. The molecule has 0 amide bonds. The second kappa shape index (κ2) is 6.84. The molecule has 1 saturated carbocycles. The molecule has 1 aliphatic rings. The first-order valence-electron chi connectivity index (χ1n) is 8.20. The molecule has 0 spiro atoms. The van der Waals surface area contributed by atoms with Crippen LogP contribution in [0.2, 0.25) is 0 Å². The summed E-state index contributed by atoms with van der Waals surface area (Å²) in [7, 11) is -4.11. The number of aromatic nitrogens is 1. The Morgan fingerprint density at radius 2 is 1.84 bits per heavy atom. The van der Waals surface area contributed by atoms with Crippen molar-refractivity contribution in [2.75, 3.05) is 6.61 Å². The fourth-order valence-electron chi connectivity index (χ4n) is 3.13. The van der Waals surface area contributed by atoms with Gasteiger partial charge in [-0.15, -0.1) is 0 Å². The largest absolute Gasteiger partial charge is 0.493 e. The molecule has 1 heterocycles. The van der Waals surface area contributed by atoms with Gasteiger partial charge in [0.1, 0.15) is 5.75 Å². The Hall–Kier alpha value is -1.80. The van der Waals surface area contributed by atoms with E-state index in [1.54, 1.807) is 12.1 Å². The second-order valence-corrected chi connectivity index (χ2v) is 9.37. The van der Waals surface area contributed by atoms with E-state index < -0.39 is 20.8 Å². The minimum Gasteiger partial charge on any atom is -0.493 e. The number of hydrogen-bond acceptors (Lipinski definition) is 6. The van der Waals surface area contributed by atoms with E-state index in [9.17, 15) is 18.3 Å². The van der Waals surface area contributed by atoms with Gasteiger partial charge in [-0.1, -0.05) is 37.5 Å². The Kier molecular flexibility index (Phi) is 4.92. The summed E-state index contributed by atoms with van der Waals surface area (Å²) in [6.07, 6.45) is 5.99. The van der Waals surface area contributed by atoms with Crippen molar-refractivity contribution >= 4 is 21.4 Å². The van der Waals surface area contributed by atoms with Crippen molar-refractivity contribution in [3.05, 3.63) is 39.3 Å². The van der Waals surface area contributed by atoms with Crippen LogP contribution in [0, 0.1) is 5.41 Å². The van der Waals surface area contributed by atoms with Gasteiger partial charge < -0.3 is 9.84 Å². The first-order valence-corrected chi connectivity index (χ1v) is 10.5. The molecule has 2 aromatic rings. The Morgan fingerprint density at radius 3 is 2.40 bits per heavy atom. The maximum atomic E-state index is 12.5. The van der Waals surface area contributed by atoms with Crippen molar-refractivity contribution in [3.8, 4) is 11.6 Å². The Balaban J connectivity index is 1.75. The summed E-state index contributed by atoms with van der Waals surface area (Å²) in [6.45, 7) is 2.82. The number of benzene rings is 1. The zero-order chi connectivity index (χ0) is 18.1. The van der Waals surface area contributed by atoms with Gasteiger partial charge in [-0.05, 0) is 37.1 Å². The molecule has 0 unspecified atom stereocenters. The highest BCUT2D eigenvalue weighted by atomic mass is 32.2. The van der Waals surface area contributed by atoms with Gasteiger partial charge in [0.2, 0.25) is 5.88 Å². The average Bonchev–Trinajstić information content (AvgIpc) is 2.93. The van der Waals surface area contributed by atoms with E-state index in [4.69, 9.17) is 4.74 Å². The number of hydrogen-bond donors (Lipinski definition) is 1. The lowest BCUT2D eigenvalue weighted by Crippen LogP contribution is -2.27. The molecule has 0 radical (unpaired) electrons. The number of thiazole rings is 1. The molecule has 0 atom stereocenters. The Bertz CT molecular complexity index is 890. The maximum Gasteiger partial charge on any atom is 0.324 e. The lowest BCUT2D eigenvalue weighted by atomic mass is 9.76. The van der Waals surface area contributed by atoms with Crippen LogP contribution in [0.4, 0.5) is 0 Å². The van der Waals surface area contributed by atoms with E-state index in [0.717, 1.165) is 18.2 Å². The minimum absolute atomic E-state index is 0.0699. The quantitative estimate of drug-likeness (QED) is 0.857. The van der Waals surface area contributed by atoms with Crippen molar-refractivity contribution in [3.63, 3.8) is 0 Å². The number of rotatable bonds is 5. The summed E-state index contributed by atoms with van der Waals surface area (Å²) in [6, 6.07) is 5.93. The molecule has 1 aromatic heterocycles. The van der Waals surface area contributed by atoms with Crippen molar-refractivity contribution in [2.45, 2.75) is 43.9 Å². The third-order valence-corrected chi connectivity index (χ3v) is 7.18. The van der Waals surface area contributed by atoms with Crippen molar-refractivity contribution < 1.29 is 18.3 Å². The van der Waals surface area contributed by atoms with Crippen LogP contribution in [0.5, 0.6) is 11.6 Å². The summed E-state index contributed by atoms with van der Waals surface area (Å²) in [5.74, 6) is 0.00758. The molecule has 1 fully saturated rings. The molecule has 0 bridgehead atoms. The predicted molar refractivity (Wildman–Crippen MR) is 96.0 cm³/mol. The third-order valence-electron chi connectivity index (χ3n) is 4.65. The molecule has 136 valence electrons. The molecule has 8 heteroatoms. The highest BCUT2D eigenvalue weighted by Crippen LogP contribution is 2.36. The number of aromatic hydroxyl groups is 1. The zero-order valence-electron chi connectivity index (χ0n) is 14.0. The van der Waals surface area contributed by atoms with Gasteiger partial charge in [0, 0.05) is 5.41 Å². The normalized spacial score (nSPS) is 17.3. The van der Waals surface area contributed by atoms with Crippen molar-refractivity contribution in [1.82, 2.24) is 3.97 Å². The smallest absolute Gasteiger partial charge is 0.324 e. The first kappa shape index (κ1) is 18.0. The van der Waals surface area contributed by atoms with Gasteiger partial charge in [0.15, 0.2) is 0 Å². The van der Waals surface area contributed by atoms with Crippen LogP contribution >= 0.6 is 11.3 Å². The maximum absolute atomic E-state index is 12.5. The monoisotopic (exact) mass is 383 g/mol. The van der Waals surface area contributed by atoms with E-state index in [1.807, 2.05) is 0 Å². The summed E-state index contributed by atoms with van der Waals surface area (Å²) >= 11 is 0.633. The standard InChI is InChI=1S/C17H21NO5S2/c1-17(9-3-2-4-10-17)12-23-13-5-7-14(8-6-13)25(21,22)18-15(19)11-24-16(18)20/h5-8,11,19H,2-4,9-10,12H2,1H3. The molecule has 0 saturated heterocycles.